The van der Waals surface area contributed by atoms with E-state index in [0.717, 1.165) is 28.9 Å². The molecule has 0 fully saturated rings. The molecule has 1 unspecified atom stereocenters. The summed E-state index contributed by atoms with van der Waals surface area (Å²) in [4.78, 5) is 6.67. The van der Waals surface area contributed by atoms with Gasteiger partial charge in [0.1, 0.15) is 0 Å². The number of hydrogen-bond donors (Lipinski definition) is 1. The highest BCUT2D eigenvalue weighted by Crippen LogP contribution is 2.37. The average Bonchev–Trinajstić information content (AvgIpc) is 3.18. The predicted molar refractivity (Wildman–Crippen MR) is 120 cm³/mol. The van der Waals surface area contributed by atoms with Crippen LogP contribution in [0.25, 0.3) is 17.0 Å². The number of rotatable bonds is 4. The largest absolute Gasteiger partial charge is 0.351 e. The van der Waals surface area contributed by atoms with Gasteiger partial charge in [-0.05, 0) is 55.9 Å². The Hall–Kier alpha value is -2.41. The lowest BCUT2D eigenvalue weighted by atomic mass is 9.95. The van der Waals surface area contributed by atoms with Crippen LogP contribution in [-0.2, 0) is 0 Å². The van der Waals surface area contributed by atoms with Gasteiger partial charge in [-0.25, -0.2) is 0 Å². The lowest BCUT2D eigenvalue weighted by molar-refractivity contribution is 0.398. The predicted octanol–water partition coefficient (Wildman–Crippen LogP) is 5.73. The molecule has 1 aromatic heterocycles. The lowest BCUT2D eigenvalue weighted by Crippen LogP contribution is -2.45. The zero-order valence-electron chi connectivity index (χ0n) is 15.8. The minimum absolute atomic E-state index is 0.227. The average molecular weight is 445 g/mol. The van der Waals surface area contributed by atoms with Crippen LogP contribution in [0.2, 0.25) is 10.0 Å². The van der Waals surface area contributed by atoms with Crippen LogP contribution >= 0.6 is 35.4 Å². The number of benzene rings is 2. The second-order valence-electron chi connectivity index (χ2n) is 6.61. The maximum absolute atomic E-state index is 6.11. The molecule has 29 heavy (non-hydrogen) atoms. The smallest absolute Gasteiger partial charge is 0.258 e. The Balaban J connectivity index is 1.81. The molecule has 0 saturated heterocycles. The molecule has 3 aromatic rings. The van der Waals surface area contributed by atoms with Gasteiger partial charge in [0.25, 0.3) is 5.89 Å². The molecule has 1 aliphatic heterocycles. The molecule has 148 valence electrons. The van der Waals surface area contributed by atoms with Crippen molar-refractivity contribution in [1.29, 1.82) is 0 Å². The van der Waals surface area contributed by atoms with E-state index in [2.05, 4.69) is 15.5 Å². The van der Waals surface area contributed by atoms with Crippen LogP contribution in [0, 0.1) is 0 Å². The van der Waals surface area contributed by atoms with Crippen LogP contribution in [-0.4, -0.2) is 26.7 Å². The van der Waals surface area contributed by atoms with Crippen LogP contribution in [0.4, 0.5) is 0 Å². The zero-order valence-corrected chi connectivity index (χ0v) is 18.1. The normalized spacial score (nSPS) is 16.9. The fourth-order valence-corrected chi connectivity index (χ4v) is 4.12. The highest BCUT2D eigenvalue weighted by molar-refractivity contribution is 7.80. The maximum atomic E-state index is 6.11. The van der Waals surface area contributed by atoms with Gasteiger partial charge in [-0.1, -0.05) is 52.6 Å². The Morgan fingerprint density at radius 3 is 2.59 bits per heavy atom. The van der Waals surface area contributed by atoms with E-state index in [1.807, 2.05) is 55.1 Å². The van der Waals surface area contributed by atoms with Crippen molar-refractivity contribution < 1.29 is 4.52 Å². The fraction of sp³-hybridized carbons (Fsp3) is 0.190. The van der Waals surface area contributed by atoms with Crippen LogP contribution < -0.4 is 5.32 Å². The number of aromatic nitrogens is 2. The Morgan fingerprint density at radius 1 is 1.14 bits per heavy atom. The quantitative estimate of drug-likeness (QED) is 0.518. The van der Waals surface area contributed by atoms with E-state index < -0.39 is 0 Å². The molecular weight excluding hydrogens is 427 g/mol. The van der Waals surface area contributed by atoms with Gasteiger partial charge >= 0.3 is 0 Å². The highest BCUT2D eigenvalue weighted by atomic mass is 35.5. The summed E-state index contributed by atoms with van der Waals surface area (Å²) in [6.45, 7) is 4.78. The number of nitrogens with zero attached hydrogens (tertiary/aromatic N) is 3. The van der Waals surface area contributed by atoms with Crippen LogP contribution in [0.3, 0.4) is 0 Å². The molecule has 1 aliphatic rings. The minimum atomic E-state index is -0.227. The van der Waals surface area contributed by atoms with Crippen molar-refractivity contribution in [3.05, 3.63) is 75.7 Å². The second-order valence-corrected chi connectivity index (χ2v) is 7.87. The van der Waals surface area contributed by atoms with Gasteiger partial charge in [-0.2, -0.15) is 4.98 Å². The molecule has 5 nitrogen and oxygen atoms in total. The molecule has 1 N–H and O–H groups in total. The standard InChI is InChI=1S/C21H18Cl2N4OS/c1-3-27-12(2)17(18(24-21(27)29)13-7-9-15(22)10-8-13)20-25-19(26-28-20)14-5-4-6-16(23)11-14/h4-11,18H,3H2,1-2H3,(H,24,29). The summed E-state index contributed by atoms with van der Waals surface area (Å²) in [7, 11) is 0. The Labute approximate surface area is 184 Å². The molecule has 0 amide bonds. The van der Waals surface area contributed by atoms with Gasteiger partial charge < -0.3 is 14.7 Å². The Kier molecular flexibility index (Phi) is 5.58. The van der Waals surface area contributed by atoms with E-state index in [0.29, 0.717) is 26.9 Å². The molecular formula is C21H18Cl2N4OS. The Bertz CT molecular complexity index is 1090. The van der Waals surface area contributed by atoms with E-state index in [4.69, 9.17) is 39.9 Å². The summed E-state index contributed by atoms with van der Waals surface area (Å²) in [6, 6.07) is 14.8. The molecule has 1 atom stereocenters. The summed E-state index contributed by atoms with van der Waals surface area (Å²) in [5, 5.41) is 9.51. The molecule has 0 radical (unpaired) electrons. The summed E-state index contributed by atoms with van der Waals surface area (Å²) in [6.07, 6.45) is 0. The molecule has 4 rings (SSSR count). The summed E-state index contributed by atoms with van der Waals surface area (Å²) in [5.74, 6) is 0.916. The van der Waals surface area contributed by atoms with Gasteiger partial charge in [-0.3, -0.25) is 0 Å². The summed E-state index contributed by atoms with van der Waals surface area (Å²) in [5.41, 5.74) is 3.64. The fourth-order valence-electron chi connectivity index (χ4n) is 3.42. The SMILES string of the molecule is CCN1C(=S)NC(c2ccc(Cl)cc2)C(c2nc(-c3cccc(Cl)c3)no2)=C1C. The molecule has 2 aromatic carbocycles. The first kappa shape index (κ1) is 19.9. The van der Waals surface area contributed by atoms with E-state index in [1.54, 1.807) is 12.1 Å². The number of allylic oxidation sites excluding steroid dienone is 1. The topological polar surface area (TPSA) is 54.2 Å². The van der Waals surface area contributed by atoms with Crippen LogP contribution in [0.1, 0.15) is 31.3 Å². The monoisotopic (exact) mass is 444 g/mol. The van der Waals surface area contributed by atoms with Gasteiger partial charge in [0, 0.05) is 27.9 Å². The lowest BCUT2D eigenvalue weighted by Gasteiger charge is -2.36. The van der Waals surface area contributed by atoms with Crippen LogP contribution in [0.15, 0.2) is 58.8 Å². The van der Waals surface area contributed by atoms with Crippen molar-refractivity contribution in [2.24, 2.45) is 0 Å². The van der Waals surface area contributed by atoms with Crippen LogP contribution in [0.5, 0.6) is 0 Å². The van der Waals surface area contributed by atoms with Gasteiger partial charge in [0.15, 0.2) is 5.11 Å². The third kappa shape index (κ3) is 3.88. The third-order valence-electron chi connectivity index (χ3n) is 4.86. The first-order valence-corrected chi connectivity index (χ1v) is 10.3. The number of hydrogen-bond acceptors (Lipinski definition) is 4. The molecule has 8 heteroatoms. The van der Waals surface area contributed by atoms with Crippen molar-refractivity contribution in [3.8, 4) is 11.4 Å². The van der Waals surface area contributed by atoms with Crippen molar-refractivity contribution in [3.63, 3.8) is 0 Å². The van der Waals surface area contributed by atoms with Crippen molar-refractivity contribution in [2.45, 2.75) is 19.9 Å². The zero-order chi connectivity index (χ0) is 20.5. The van der Waals surface area contributed by atoms with Gasteiger partial charge in [0.05, 0.1) is 11.6 Å². The molecule has 0 saturated carbocycles. The van der Waals surface area contributed by atoms with E-state index in [1.165, 1.54) is 0 Å². The van der Waals surface area contributed by atoms with E-state index in [9.17, 15) is 0 Å². The maximum Gasteiger partial charge on any atom is 0.258 e. The minimum Gasteiger partial charge on any atom is -0.351 e. The summed E-state index contributed by atoms with van der Waals surface area (Å²) < 4.78 is 5.67. The summed E-state index contributed by atoms with van der Waals surface area (Å²) >= 11 is 17.8. The third-order valence-corrected chi connectivity index (χ3v) is 5.68. The molecule has 0 aliphatic carbocycles. The van der Waals surface area contributed by atoms with Crippen molar-refractivity contribution in [2.75, 3.05) is 6.54 Å². The molecule has 0 spiro atoms. The number of thiocarbonyl (C=S) groups is 1. The van der Waals surface area contributed by atoms with E-state index in [-0.39, 0.29) is 6.04 Å². The molecule has 0 bridgehead atoms. The number of nitrogens with one attached hydrogen (secondary N) is 1. The van der Waals surface area contributed by atoms with Gasteiger partial charge in [-0.15, -0.1) is 0 Å². The van der Waals surface area contributed by atoms with Gasteiger partial charge in [0.2, 0.25) is 5.82 Å². The Morgan fingerprint density at radius 2 is 1.90 bits per heavy atom. The first-order valence-electron chi connectivity index (χ1n) is 9.12. The van der Waals surface area contributed by atoms with Crippen molar-refractivity contribution >= 4 is 46.1 Å². The first-order chi connectivity index (χ1) is 14.0. The van der Waals surface area contributed by atoms with Crippen molar-refractivity contribution in [1.82, 2.24) is 20.4 Å². The second kappa shape index (κ2) is 8.14. The molecule has 2 heterocycles. The van der Waals surface area contributed by atoms with E-state index >= 15 is 0 Å². The number of halogens is 2. The highest BCUT2D eigenvalue weighted by Gasteiger charge is 2.33.